The van der Waals surface area contributed by atoms with Crippen molar-refractivity contribution in [2.24, 2.45) is 4.99 Å². The van der Waals surface area contributed by atoms with Gasteiger partial charge in [0.05, 0.1) is 11.4 Å². The Kier molecular flexibility index (Phi) is 5.30. The van der Waals surface area contributed by atoms with Crippen molar-refractivity contribution >= 4 is 39.5 Å². The summed E-state index contributed by atoms with van der Waals surface area (Å²) in [5.41, 5.74) is 9.58. The highest BCUT2D eigenvalue weighted by atomic mass is 35.5. The normalized spacial score (nSPS) is 21.0. The van der Waals surface area contributed by atoms with E-state index in [1.165, 1.54) is 44.4 Å². The summed E-state index contributed by atoms with van der Waals surface area (Å²) in [6, 6.07) is 21.4. The first kappa shape index (κ1) is 22.1. The van der Waals surface area contributed by atoms with Crippen LogP contribution in [0, 0.1) is 0 Å². The summed E-state index contributed by atoms with van der Waals surface area (Å²) in [5.74, 6) is 0. The quantitative estimate of drug-likeness (QED) is 0.369. The van der Waals surface area contributed by atoms with Crippen molar-refractivity contribution in [2.75, 3.05) is 11.9 Å². The minimum atomic E-state index is -0.0351. The average molecular weight is 477 g/mol. The summed E-state index contributed by atoms with van der Waals surface area (Å²) in [4.78, 5) is 7.20. The van der Waals surface area contributed by atoms with Crippen LogP contribution in [0.15, 0.2) is 112 Å². The third kappa shape index (κ3) is 3.59. The zero-order chi connectivity index (χ0) is 24.2. The van der Waals surface area contributed by atoms with Crippen molar-refractivity contribution < 1.29 is 0 Å². The van der Waals surface area contributed by atoms with Crippen molar-refractivity contribution in [1.82, 2.24) is 0 Å². The molecule has 0 amide bonds. The van der Waals surface area contributed by atoms with Gasteiger partial charge in [-0.15, -0.1) is 0 Å². The van der Waals surface area contributed by atoms with Gasteiger partial charge in [0.15, 0.2) is 0 Å². The van der Waals surface area contributed by atoms with Gasteiger partial charge in [-0.05, 0) is 65.6 Å². The lowest BCUT2D eigenvalue weighted by Crippen LogP contribution is -2.22. The fourth-order valence-corrected chi connectivity index (χ4v) is 6.13. The smallest absolute Gasteiger partial charge is 0.0722 e. The number of aliphatic imine (C=N–C) groups is 1. The SMILES string of the molecule is CN1/C(=C/C=C2\CCCC(/C=C/C3=Nc4cccc5cccc3c45)=C2Cl)C(C)(C)c2ccccc21. The van der Waals surface area contributed by atoms with Gasteiger partial charge < -0.3 is 4.90 Å². The highest BCUT2D eigenvalue weighted by molar-refractivity contribution is 6.32. The second-order valence-electron chi connectivity index (χ2n) is 10.1. The summed E-state index contributed by atoms with van der Waals surface area (Å²) in [7, 11) is 2.16. The molecule has 0 unspecified atom stereocenters. The monoisotopic (exact) mass is 476 g/mol. The standard InChI is InChI=1S/C32H29ClN2/c1-32(2)25-14-4-5-16-28(25)35(3)29(32)20-18-23-12-6-11-22(31(23)33)17-19-26-24-13-7-9-21-10-8-15-27(34-26)30(21)24/h4-5,7-10,13-20H,6,11-12H2,1-3H3/b19-17+,23-18+,29-20+. The number of likely N-dealkylation sites (N-methyl/N-ethyl adjacent to an activating group) is 1. The van der Waals surface area contributed by atoms with Crippen LogP contribution in [0.2, 0.25) is 0 Å². The predicted molar refractivity (Wildman–Crippen MR) is 150 cm³/mol. The number of hydrogen-bond donors (Lipinski definition) is 0. The Bertz CT molecular complexity index is 1510. The van der Waals surface area contributed by atoms with Crippen LogP contribution < -0.4 is 4.90 Å². The maximum Gasteiger partial charge on any atom is 0.0722 e. The molecule has 2 aliphatic heterocycles. The molecule has 0 N–H and O–H groups in total. The number of fused-ring (bicyclic) bond motifs is 1. The molecule has 0 aromatic heterocycles. The molecule has 35 heavy (non-hydrogen) atoms. The molecule has 0 spiro atoms. The Balaban J connectivity index is 1.31. The van der Waals surface area contributed by atoms with Crippen molar-refractivity contribution in [3.05, 3.63) is 118 Å². The van der Waals surface area contributed by atoms with Crippen LogP contribution in [0.5, 0.6) is 0 Å². The van der Waals surface area contributed by atoms with Gasteiger partial charge in [-0.3, -0.25) is 0 Å². The largest absolute Gasteiger partial charge is 0.347 e. The zero-order valence-electron chi connectivity index (χ0n) is 20.5. The van der Waals surface area contributed by atoms with Gasteiger partial charge in [0.1, 0.15) is 0 Å². The molecule has 1 aliphatic carbocycles. The molecule has 2 heterocycles. The summed E-state index contributed by atoms with van der Waals surface area (Å²) in [5, 5.41) is 3.37. The molecule has 174 valence electrons. The second kappa shape index (κ2) is 8.39. The third-order valence-corrected chi connectivity index (χ3v) is 8.17. The van der Waals surface area contributed by atoms with Crippen molar-refractivity contribution in [1.29, 1.82) is 0 Å². The molecule has 0 atom stereocenters. The molecule has 0 fully saturated rings. The molecule has 0 bridgehead atoms. The summed E-state index contributed by atoms with van der Waals surface area (Å²) >= 11 is 6.96. The summed E-state index contributed by atoms with van der Waals surface area (Å²) in [6.07, 6.45) is 11.9. The maximum atomic E-state index is 6.96. The number of benzene rings is 3. The lowest BCUT2D eigenvalue weighted by Gasteiger charge is -2.24. The van der Waals surface area contributed by atoms with E-state index in [-0.39, 0.29) is 5.41 Å². The van der Waals surface area contributed by atoms with Crippen LogP contribution in [0.1, 0.15) is 44.2 Å². The first-order chi connectivity index (χ1) is 16.9. The third-order valence-electron chi connectivity index (χ3n) is 7.68. The molecule has 0 saturated carbocycles. The molecule has 3 aromatic rings. The van der Waals surface area contributed by atoms with Crippen LogP contribution in [-0.2, 0) is 5.41 Å². The Labute approximate surface area is 212 Å². The molecule has 3 aromatic carbocycles. The van der Waals surface area contributed by atoms with E-state index < -0.39 is 0 Å². The fourth-order valence-electron chi connectivity index (χ4n) is 5.81. The maximum absolute atomic E-state index is 6.96. The molecule has 3 aliphatic rings. The Morgan fingerprint density at radius 3 is 2.54 bits per heavy atom. The molecular formula is C32H29ClN2. The van der Waals surface area contributed by atoms with Crippen molar-refractivity contribution in [2.45, 2.75) is 38.5 Å². The van der Waals surface area contributed by atoms with E-state index in [1.807, 2.05) is 0 Å². The fraction of sp³-hybridized carbons (Fsp3) is 0.219. The molecule has 2 nitrogen and oxygen atoms in total. The van der Waals surface area contributed by atoms with Gasteiger partial charge in [-0.1, -0.05) is 86.1 Å². The molecule has 6 rings (SSSR count). The molecular weight excluding hydrogens is 448 g/mol. The van der Waals surface area contributed by atoms with Crippen molar-refractivity contribution in [3.8, 4) is 0 Å². The van der Waals surface area contributed by atoms with Crippen molar-refractivity contribution in [3.63, 3.8) is 0 Å². The van der Waals surface area contributed by atoms with Gasteiger partial charge in [-0.25, -0.2) is 4.99 Å². The van der Waals surface area contributed by atoms with E-state index in [9.17, 15) is 0 Å². The first-order valence-electron chi connectivity index (χ1n) is 12.4. The second-order valence-corrected chi connectivity index (χ2v) is 10.5. The number of halogens is 1. The Morgan fingerprint density at radius 1 is 0.914 bits per heavy atom. The van der Waals surface area contributed by atoms with Crippen LogP contribution in [0.4, 0.5) is 11.4 Å². The molecule has 3 heteroatoms. The van der Waals surface area contributed by atoms with Gasteiger partial charge in [0, 0.05) is 39.8 Å². The number of allylic oxidation sites excluding steroid dienone is 8. The summed E-state index contributed by atoms with van der Waals surface area (Å²) in [6.45, 7) is 4.60. The van der Waals surface area contributed by atoms with E-state index >= 15 is 0 Å². The Hall–Kier alpha value is -3.36. The number of hydrogen-bond acceptors (Lipinski definition) is 2. The van der Waals surface area contributed by atoms with E-state index in [2.05, 4.69) is 111 Å². The van der Waals surface area contributed by atoms with Gasteiger partial charge in [0.2, 0.25) is 0 Å². The number of para-hydroxylation sites is 1. The minimum absolute atomic E-state index is 0.0351. The first-order valence-corrected chi connectivity index (χ1v) is 12.8. The summed E-state index contributed by atoms with van der Waals surface area (Å²) < 4.78 is 0. The lowest BCUT2D eigenvalue weighted by molar-refractivity contribution is 0.640. The van der Waals surface area contributed by atoms with Crippen LogP contribution >= 0.6 is 11.6 Å². The highest BCUT2D eigenvalue weighted by Crippen LogP contribution is 2.47. The average Bonchev–Trinajstić information content (AvgIpc) is 3.32. The van der Waals surface area contributed by atoms with Crippen LogP contribution in [-0.4, -0.2) is 12.8 Å². The highest BCUT2D eigenvalue weighted by Gasteiger charge is 2.37. The minimum Gasteiger partial charge on any atom is -0.347 e. The molecule has 0 saturated heterocycles. The number of nitrogens with zero attached hydrogens (tertiary/aromatic N) is 2. The van der Waals surface area contributed by atoms with E-state index in [4.69, 9.17) is 16.6 Å². The van der Waals surface area contributed by atoms with Gasteiger partial charge >= 0.3 is 0 Å². The number of anilines is 1. The predicted octanol–water partition coefficient (Wildman–Crippen LogP) is 8.74. The van der Waals surface area contributed by atoms with Gasteiger partial charge in [-0.2, -0.15) is 0 Å². The molecule has 0 radical (unpaired) electrons. The zero-order valence-corrected chi connectivity index (χ0v) is 21.2. The Morgan fingerprint density at radius 2 is 1.71 bits per heavy atom. The van der Waals surface area contributed by atoms with E-state index in [0.717, 1.165) is 35.7 Å². The van der Waals surface area contributed by atoms with E-state index in [1.54, 1.807) is 0 Å². The number of rotatable bonds is 3. The van der Waals surface area contributed by atoms with E-state index in [0.29, 0.717) is 0 Å². The van der Waals surface area contributed by atoms with Crippen LogP contribution in [0.3, 0.4) is 0 Å². The van der Waals surface area contributed by atoms with Crippen LogP contribution in [0.25, 0.3) is 10.8 Å². The van der Waals surface area contributed by atoms with Gasteiger partial charge in [0.25, 0.3) is 0 Å². The lowest BCUT2D eigenvalue weighted by atomic mass is 9.83. The topological polar surface area (TPSA) is 15.6 Å².